The van der Waals surface area contributed by atoms with E-state index in [2.05, 4.69) is 0 Å². The highest BCUT2D eigenvalue weighted by molar-refractivity contribution is 6.12. The van der Waals surface area contributed by atoms with E-state index in [0.29, 0.717) is 23.2 Å². The van der Waals surface area contributed by atoms with Gasteiger partial charge >= 0.3 is 0 Å². The smallest absolute Gasteiger partial charge is 0.190 e. The molecule has 0 aromatic heterocycles. The Balaban J connectivity index is 1.84. The van der Waals surface area contributed by atoms with Crippen molar-refractivity contribution < 1.29 is 23.5 Å². The van der Waals surface area contributed by atoms with E-state index in [4.69, 9.17) is 9.47 Å². The van der Waals surface area contributed by atoms with Crippen molar-refractivity contribution in [3.05, 3.63) is 70.5 Å². The van der Waals surface area contributed by atoms with E-state index in [1.807, 2.05) is 0 Å². The number of fused-ring (bicyclic) bond motifs is 1. The lowest BCUT2D eigenvalue weighted by Gasteiger charge is -2.14. The number of carbonyl (C=O) groups excluding carboxylic acids is 2. The molecule has 106 valence electrons. The van der Waals surface area contributed by atoms with Crippen LogP contribution in [-0.4, -0.2) is 18.7 Å². The fourth-order valence-electron chi connectivity index (χ4n) is 2.21. The third-order valence-corrected chi connectivity index (χ3v) is 3.20. The number of halogens is 1. The lowest BCUT2D eigenvalue weighted by molar-refractivity contribution is -0.112. The molecule has 1 aromatic carbocycles. The molecule has 0 N–H and O–H groups in total. The van der Waals surface area contributed by atoms with E-state index < -0.39 is 0 Å². The minimum atomic E-state index is -0.343. The van der Waals surface area contributed by atoms with Gasteiger partial charge in [-0.3, -0.25) is 9.59 Å². The Morgan fingerprint density at radius 1 is 1.33 bits per heavy atom. The molecule has 0 saturated heterocycles. The first-order chi connectivity index (χ1) is 10.2. The Morgan fingerprint density at radius 3 is 2.95 bits per heavy atom. The van der Waals surface area contributed by atoms with Crippen molar-refractivity contribution in [3.63, 3.8) is 0 Å². The largest absolute Gasteiger partial charge is 0.485 e. The van der Waals surface area contributed by atoms with Gasteiger partial charge in [0.05, 0.1) is 5.57 Å². The number of hydrogen-bond donors (Lipinski definition) is 0. The molecule has 0 unspecified atom stereocenters. The minimum absolute atomic E-state index is 0.0639. The molecule has 0 amide bonds. The monoisotopic (exact) mass is 286 g/mol. The van der Waals surface area contributed by atoms with E-state index in [0.717, 1.165) is 0 Å². The quantitative estimate of drug-likeness (QED) is 0.796. The second-order valence-corrected chi connectivity index (χ2v) is 4.62. The maximum Gasteiger partial charge on any atom is 0.190 e. The summed E-state index contributed by atoms with van der Waals surface area (Å²) in [4.78, 5) is 22.7. The molecular weight excluding hydrogens is 275 g/mol. The van der Waals surface area contributed by atoms with Crippen LogP contribution in [0.1, 0.15) is 5.56 Å². The normalized spacial score (nSPS) is 16.9. The SMILES string of the molecule is O=CC1=C2C(=O)C=CC(OCc3cccc(F)c3)=C2OC1. The van der Waals surface area contributed by atoms with Gasteiger partial charge in [-0.15, -0.1) is 0 Å². The molecule has 0 radical (unpaired) electrons. The zero-order valence-electron chi connectivity index (χ0n) is 11.0. The van der Waals surface area contributed by atoms with E-state index in [-0.39, 0.29) is 36.1 Å². The molecule has 1 heterocycles. The van der Waals surface area contributed by atoms with Crippen molar-refractivity contribution in [2.24, 2.45) is 0 Å². The summed E-state index contributed by atoms with van der Waals surface area (Å²) >= 11 is 0. The number of ether oxygens (including phenoxy) is 2. The van der Waals surface area contributed by atoms with Gasteiger partial charge in [-0.05, 0) is 29.8 Å². The highest BCUT2D eigenvalue weighted by Gasteiger charge is 2.31. The van der Waals surface area contributed by atoms with Crippen LogP contribution >= 0.6 is 0 Å². The number of ketones is 1. The van der Waals surface area contributed by atoms with Gasteiger partial charge in [0.1, 0.15) is 25.3 Å². The minimum Gasteiger partial charge on any atom is -0.485 e. The van der Waals surface area contributed by atoms with Crippen molar-refractivity contribution >= 4 is 12.1 Å². The number of carbonyl (C=O) groups is 2. The molecule has 1 aliphatic heterocycles. The Morgan fingerprint density at radius 2 is 2.19 bits per heavy atom. The molecule has 3 rings (SSSR count). The maximum atomic E-state index is 13.1. The molecule has 2 aliphatic rings. The van der Waals surface area contributed by atoms with Gasteiger partial charge in [0.15, 0.2) is 17.3 Å². The predicted octanol–water partition coefficient (Wildman–Crippen LogP) is 2.22. The van der Waals surface area contributed by atoms with Crippen LogP contribution in [-0.2, 0) is 25.7 Å². The molecule has 4 nitrogen and oxygen atoms in total. The molecule has 0 bridgehead atoms. The number of aldehydes is 1. The molecule has 0 atom stereocenters. The van der Waals surface area contributed by atoms with Crippen LogP contribution in [0.15, 0.2) is 59.1 Å². The molecule has 0 fully saturated rings. The lowest BCUT2D eigenvalue weighted by Crippen LogP contribution is -2.10. The highest BCUT2D eigenvalue weighted by atomic mass is 19.1. The predicted molar refractivity (Wildman–Crippen MR) is 71.4 cm³/mol. The molecule has 0 spiro atoms. The number of allylic oxidation sites excluding steroid dienone is 3. The van der Waals surface area contributed by atoms with Crippen LogP contribution in [0, 0.1) is 5.82 Å². The Hall–Kier alpha value is -2.69. The van der Waals surface area contributed by atoms with Crippen LogP contribution in [0.3, 0.4) is 0 Å². The van der Waals surface area contributed by atoms with Gasteiger partial charge in [0, 0.05) is 5.57 Å². The lowest BCUT2D eigenvalue weighted by atomic mass is 10.0. The Kier molecular flexibility index (Phi) is 3.39. The van der Waals surface area contributed by atoms with Gasteiger partial charge in [-0.1, -0.05) is 12.1 Å². The Bertz CT molecular complexity index is 713. The van der Waals surface area contributed by atoms with E-state index in [1.165, 1.54) is 24.3 Å². The molecule has 1 aromatic rings. The molecule has 0 saturated carbocycles. The van der Waals surface area contributed by atoms with Gasteiger partial charge in [0.2, 0.25) is 0 Å². The first kappa shape index (κ1) is 13.3. The fourth-order valence-corrected chi connectivity index (χ4v) is 2.21. The summed E-state index contributed by atoms with van der Waals surface area (Å²) in [5.74, 6) is 0.0264. The number of rotatable bonds is 4. The summed E-state index contributed by atoms with van der Waals surface area (Å²) < 4.78 is 24.0. The summed E-state index contributed by atoms with van der Waals surface area (Å²) in [6.45, 7) is 0.205. The van der Waals surface area contributed by atoms with E-state index >= 15 is 0 Å². The van der Waals surface area contributed by atoms with Crippen molar-refractivity contribution in [3.8, 4) is 0 Å². The van der Waals surface area contributed by atoms with Gasteiger partial charge in [0.25, 0.3) is 0 Å². The first-order valence-corrected chi connectivity index (χ1v) is 6.34. The second-order valence-electron chi connectivity index (χ2n) is 4.62. The fraction of sp³-hybridized carbons (Fsp3) is 0.125. The summed E-state index contributed by atoms with van der Waals surface area (Å²) in [5, 5.41) is 0. The molecule has 1 aliphatic carbocycles. The van der Waals surface area contributed by atoms with Crippen LogP contribution in [0.4, 0.5) is 4.39 Å². The maximum absolute atomic E-state index is 13.1. The molecular formula is C16H11FO4. The zero-order chi connectivity index (χ0) is 14.8. The summed E-state index contributed by atoms with van der Waals surface area (Å²) in [6, 6.07) is 6.04. The van der Waals surface area contributed by atoms with Crippen LogP contribution in [0.5, 0.6) is 0 Å². The average Bonchev–Trinajstić information content (AvgIpc) is 2.92. The Labute approximate surface area is 120 Å². The van der Waals surface area contributed by atoms with Crippen LogP contribution in [0.2, 0.25) is 0 Å². The third kappa shape index (κ3) is 2.50. The van der Waals surface area contributed by atoms with Gasteiger partial charge in [-0.2, -0.15) is 0 Å². The third-order valence-electron chi connectivity index (χ3n) is 3.20. The van der Waals surface area contributed by atoms with Crippen molar-refractivity contribution in [1.82, 2.24) is 0 Å². The number of benzene rings is 1. The van der Waals surface area contributed by atoms with Gasteiger partial charge < -0.3 is 9.47 Å². The van der Waals surface area contributed by atoms with Crippen LogP contribution < -0.4 is 0 Å². The van der Waals surface area contributed by atoms with Crippen molar-refractivity contribution in [1.29, 1.82) is 0 Å². The van der Waals surface area contributed by atoms with Gasteiger partial charge in [-0.25, -0.2) is 4.39 Å². The summed E-state index contributed by atoms with van der Waals surface area (Å²) in [7, 11) is 0. The summed E-state index contributed by atoms with van der Waals surface area (Å²) in [6.07, 6.45) is 3.44. The summed E-state index contributed by atoms with van der Waals surface area (Å²) in [5.41, 5.74) is 1.22. The standard InChI is InChI=1S/C16H11FO4/c17-12-3-1-2-10(6-12)8-20-14-5-4-13(19)15-11(7-18)9-21-16(14)15/h1-7H,8-9H2. The van der Waals surface area contributed by atoms with Crippen LogP contribution in [0.25, 0.3) is 0 Å². The van der Waals surface area contributed by atoms with E-state index in [9.17, 15) is 14.0 Å². The van der Waals surface area contributed by atoms with Crippen molar-refractivity contribution in [2.75, 3.05) is 6.61 Å². The highest BCUT2D eigenvalue weighted by Crippen LogP contribution is 2.32. The molecule has 5 heteroatoms. The molecule has 21 heavy (non-hydrogen) atoms. The number of hydrogen-bond acceptors (Lipinski definition) is 4. The zero-order valence-corrected chi connectivity index (χ0v) is 11.0. The average molecular weight is 286 g/mol. The first-order valence-electron chi connectivity index (χ1n) is 6.34. The topological polar surface area (TPSA) is 52.6 Å². The van der Waals surface area contributed by atoms with Crippen molar-refractivity contribution in [2.45, 2.75) is 6.61 Å². The second kappa shape index (κ2) is 5.36. The van der Waals surface area contributed by atoms with E-state index in [1.54, 1.807) is 12.1 Å².